The minimum absolute atomic E-state index is 0.148. The van der Waals surface area contributed by atoms with Crippen molar-refractivity contribution < 1.29 is 4.79 Å². The van der Waals surface area contributed by atoms with Crippen LogP contribution >= 0.6 is 11.8 Å². The number of amidine groups is 1. The van der Waals surface area contributed by atoms with E-state index in [1.165, 1.54) is 4.91 Å². The van der Waals surface area contributed by atoms with Gasteiger partial charge in [0, 0.05) is 23.6 Å². The van der Waals surface area contributed by atoms with Crippen molar-refractivity contribution in [1.29, 1.82) is 0 Å². The number of fused-ring (bicyclic) bond motifs is 1. The summed E-state index contributed by atoms with van der Waals surface area (Å²) in [5.74, 6) is 0.927. The lowest BCUT2D eigenvalue weighted by atomic mass is 10.1. The van der Waals surface area contributed by atoms with Crippen LogP contribution in [-0.4, -0.2) is 29.5 Å². The molecule has 0 radical (unpaired) electrons. The number of allylic oxidation sites excluding steroid dienone is 1. The third kappa shape index (κ3) is 2.69. The van der Waals surface area contributed by atoms with E-state index in [1.54, 1.807) is 11.8 Å². The van der Waals surface area contributed by atoms with Crippen molar-refractivity contribution in [3.8, 4) is 0 Å². The van der Waals surface area contributed by atoms with Gasteiger partial charge >= 0.3 is 6.03 Å². The molecule has 0 bridgehead atoms. The van der Waals surface area contributed by atoms with E-state index in [2.05, 4.69) is 20.6 Å². The normalized spacial score (nSPS) is 25.5. The standard InChI is InChI=1S/C11H16N4OS/c1-4-12-11(16)15-9-5-8-10(17-9)6(2)13-7(3)14-8/h8H,4-5H2,1-3H3,(H,12,16)(H,13,14). The number of rotatable bonds is 1. The van der Waals surface area contributed by atoms with E-state index < -0.39 is 0 Å². The zero-order valence-corrected chi connectivity index (χ0v) is 11.0. The van der Waals surface area contributed by atoms with Gasteiger partial charge in [-0.25, -0.2) is 4.79 Å². The Bertz CT molecular complexity index is 439. The van der Waals surface area contributed by atoms with Gasteiger partial charge in [-0.3, -0.25) is 4.99 Å². The molecule has 1 atom stereocenters. The summed E-state index contributed by atoms with van der Waals surface area (Å²) >= 11 is 1.56. The van der Waals surface area contributed by atoms with Crippen LogP contribution in [0.25, 0.3) is 0 Å². The lowest BCUT2D eigenvalue weighted by molar-refractivity contribution is 0.250. The molecule has 0 aromatic rings. The van der Waals surface area contributed by atoms with Crippen LogP contribution in [0.5, 0.6) is 0 Å². The molecule has 92 valence electrons. The van der Waals surface area contributed by atoms with Gasteiger partial charge in [-0.15, -0.1) is 0 Å². The van der Waals surface area contributed by atoms with Crippen LogP contribution < -0.4 is 10.6 Å². The van der Waals surface area contributed by atoms with Crippen LogP contribution in [0, 0.1) is 0 Å². The van der Waals surface area contributed by atoms with E-state index >= 15 is 0 Å². The van der Waals surface area contributed by atoms with Gasteiger partial charge in [-0.05, 0) is 20.8 Å². The molecule has 2 aliphatic rings. The number of hydrogen-bond acceptors (Lipinski definition) is 4. The molecule has 17 heavy (non-hydrogen) atoms. The second-order valence-corrected chi connectivity index (χ2v) is 5.11. The van der Waals surface area contributed by atoms with Crippen molar-refractivity contribution >= 4 is 28.7 Å². The zero-order valence-electron chi connectivity index (χ0n) is 10.2. The summed E-state index contributed by atoms with van der Waals surface area (Å²) in [4.78, 5) is 21.1. The Morgan fingerprint density at radius 3 is 3.12 bits per heavy atom. The molecule has 2 rings (SSSR count). The molecule has 6 heteroatoms. The first-order chi connectivity index (χ1) is 8.10. The van der Waals surface area contributed by atoms with E-state index in [0.29, 0.717) is 6.54 Å². The first kappa shape index (κ1) is 12.2. The third-order valence-corrected chi connectivity index (χ3v) is 3.83. The van der Waals surface area contributed by atoms with Gasteiger partial charge in [-0.2, -0.15) is 4.99 Å². The maximum atomic E-state index is 11.4. The highest BCUT2D eigenvalue weighted by Gasteiger charge is 2.31. The van der Waals surface area contributed by atoms with Gasteiger partial charge in [0.05, 0.1) is 16.9 Å². The number of carbonyl (C=O) groups excluding carboxylic acids is 1. The second kappa shape index (κ2) is 4.91. The Hall–Kier alpha value is -1.30. The molecule has 1 saturated heterocycles. The molecule has 2 heterocycles. The topological polar surface area (TPSA) is 65.8 Å². The first-order valence-corrected chi connectivity index (χ1v) is 6.47. The van der Waals surface area contributed by atoms with Crippen LogP contribution in [0.3, 0.4) is 0 Å². The Morgan fingerprint density at radius 2 is 2.41 bits per heavy atom. The molecule has 0 aromatic carbocycles. The van der Waals surface area contributed by atoms with Gasteiger partial charge in [0.2, 0.25) is 0 Å². The predicted molar refractivity (Wildman–Crippen MR) is 71.4 cm³/mol. The van der Waals surface area contributed by atoms with Crippen LogP contribution in [-0.2, 0) is 0 Å². The minimum atomic E-state index is -0.263. The Labute approximate surface area is 105 Å². The van der Waals surface area contributed by atoms with Crippen LogP contribution in [0.15, 0.2) is 20.6 Å². The van der Waals surface area contributed by atoms with E-state index in [-0.39, 0.29) is 12.1 Å². The second-order valence-electron chi connectivity index (χ2n) is 3.99. The SMILES string of the molecule is CCNC(=O)N=C1CC2N=C(C)NC(C)=C2S1. The fourth-order valence-corrected chi connectivity index (χ4v) is 3.00. The third-order valence-electron chi connectivity index (χ3n) is 2.54. The van der Waals surface area contributed by atoms with Gasteiger partial charge < -0.3 is 10.6 Å². The van der Waals surface area contributed by atoms with Gasteiger partial charge in [0.25, 0.3) is 0 Å². The van der Waals surface area contributed by atoms with Crippen LogP contribution in [0.2, 0.25) is 0 Å². The molecule has 2 N–H and O–H groups in total. The molecular formula is C11H16N4OS. The highest BCUT2D eigenvalue weighted by molar-refractivity contribution is 8.17. The molecular weight excluding hydrogens is 236 g/mol. The highest BCUT2D eigenvalue weighted by Crippen LogP contribution is 2.38. The molecule has 5 nitrogen and oxygen atoms in total. The summed E-state index contributed by atoms with van der Waals surface area (Å²) in [7, 11) is 0. The van der Waals surface area contributed by atoms with E-state index in [9.17, 15) is 4.79 Å². The fraction of sp³-hybridized carbons (Fsp3) is 0.545. The number of carbonyl (C=O) groups is 1. The van der Waals surface area contributed by atoms with Gasteiger partial charge in [0.15, 0.2) is 0 Å². The fourth-order valence-electron chi connectivity index (χ4n) is 1.90. The summed E-state index contributed by atoms with van der Waals surface area (Å²) in [5.41, 5.74) is 1.12. The summed E-state index contributed by atoms with van der Waals surface area (Å²) in [6.07, 6.45) is 0.730. The number of hydrogen-bond donors (Lipinski definition) is 2. The summed E-state index contributed by atoms with van der Waals surface area (Å²) in [6.45, 7) is 6.46. The Balaban J connectivity index is 2.13. The molecule has 1 fully saturated rings. The van der Waals surface area contributed by atoms with Crippen molar-refractivity contribution in [3.05, 3.63) is 10.6 Å². The van der Waals surface area contributed by atoms with Crippen molar-refractivity contribution in [1.82, 2.24) is 10.6 Å². The number of nitrogens with one attached hydrogen (secondary N) is 2. The lowest BCUT2D eigenvalue weighted by Gasteiger charge is -2.18. The van der Waals surface area contributed by atoms with Crippen molar-refractivity contribution in [3.63, 3.8) is 0 Å². The summed E-state index contributed by atoms with van der Waals surface area (Å²) in [6, 6.07) is -0.116. The van der Waals surface area contributed by atoms with Crippen molar-refractivity contribution in [2.75, 3.05) is 6.54 Å². The number of amides is 2. The lowest BCUT2D eigenvalue weighted by Crippen LogP contribution is -2.27. The molecule has 1 unspecified atom stereocenters. The average Bonchev–Trinajstić information content (AvgIpc) is 2.60. The molecule has 0 aromatic heterocycles. The number of aliphatic imine (C=N–C) groups is 2. The largest absolute Gasteiger partial charge is 0.347 e. The maximum Gasteiger partial charge on any atom is 0.341 e. The van der Waals surface area contributed by atoms with Crippen molar-refractivity contribution in [2.24, 2.45) is 9.98 Å². The Morgan fingerprint density at radius 1 is 1.65 bits per heavy atom. The smallest absolute Gasteiger partial charge is 0.341 e. The molecule has 0 spiro atoms. The monoisotopic (exact) mass is 252 g/mol. The Kier molecular flexibility index (Phi) is 3.51. The molecule has 0 saturated carbocycles. The predicted octanol–water partition coefficient (Wildman–Crippen LogP) is 1.87. The average molecular weight is 252 g/mol. The van der Waals surface area contributed by atoms with E-state index in [1.807, 2.05) is 20.8 Å². The van der Waals surface area contributed by atoms with Gasteiger partial charge in [-0.1, -0.05) is 11.8 Å². The molecule has 0 aliphatic carbocycles. The number of thioether (sulfide) groups is 1. The highest BCUT2D eigenvalue weighted by atomic mass is 32.2. The quantitative estimate of drug-likeness (QED) is 0.748. The van der Waals surface area contributed by atoms with E-state index in [4.69, 9.17) is 0 Å². The number of urea groups is 1. The number of nitrogens with zero attached hydrogens (tertiary/aromatic N) is 2. The minimum Gasteiger partial charge on any atom is -0.347 e. The first-order valence-electron chi connectivity index (χ1n) is 5.65. The summed E-state index contributed by atoms with van der Waals surface area (Å²) < 4.78 is 0. The maximum absolute atomic E-state index is 11.4. The van der Waals surface area contributed by atoms with Gasteiger partial charge in [0.1, 0.15) is 0 Å². The molecule has 2 aliphatic heterocycles. The van der Waals surface area contributed by atoms with Crippen molar-refractivity contribution in [2.45, 2.75) is 33.2 Å². The molecule has 2 amide bonds. The zero-order chi connectivity index (χ0) is 12.4. The van der Waals surface area contributed by atoms with E-state index in [0.717, 1.165) is 23.0 Å². The summed E-state index contributed by atoms with van der Waals surface area (Å²) in [5, 5.41) is 6.71. The van der Waals surface area contributed by atoms with Crippen LogP contribution in [0.1, 0.15) is 27.2 Å². The van der Waals surface area contributed by atoms with Crippen LogP contribution in [0.4, 0.5) is 4.79 Å².